The van der Waals surface area contributed by atoms with Crippen LogP contribution in [0.5, 0.6) is 5.88 Å². The molecule has 2 heterocycles. The molecule has 0 saturated carbocycles. The Balaban J connectivity index is 2.04. The third-order valence-electron chi connectivity index (χ3n) is 2.42. The smallest absolute Gasteiger partial charge is 0.222 e. The summed E-state index contributed by atoms with van der Waals surface area (Å²) >= 11 is 0. The Hall–Kier alpha value is -2.17. The Morgan fingerprint density at radius 1 is 1.21 bits per heavy atom. The molecule has 100 valence electrons. The van der Waals surface area contributed by atoms with Crippen LogP contribution in [0.1, 0.15) is 25.0 Å². The fourth-order valence-corrected chi connectivity index (χ4v) is 1.55. The maximum Gasteiger partial charge on any atom is 0.222 e. The second-order valence-electron chi connectivity index (χ2n) is 4.57. The van der Waals surface area contributed by atoms with Crippen LogP contribution in [-0.4, -0.2) is 21.1 Å². The molecule has 0 aromatic carbocycles. The number of nitrogens with zero attached hydrogens (tertiary/aromatic N) is 3. The molecule has 0 unspecified atom stereocenters. The fraction of sp³-hybridized carbons (Fsp3) is 0.357. The first-order valence-electron chi connectivity index (χ1n) is 6.28. The Morgan fingerprint density at radius 3 is 2.63 bits per heavy atom. The molecule has 0 aliphatic rings. The van der Waals surface area contributed by atoms with Gasteiger partial charge in [-0.05, 0) is 32.4 Å². The zero-order valence-corrected chi connectivity index (χ0v) is 11.4. The number of pyridine rings is 1. The van der Waals surface area contributed by atoms with E-state index in [0.717, 1.165) is 11.1 Å². The number of anilines is 1. The van der Waals surface area contributed by atoms with Crippen LogP contribution < -0.4 is 10.1 Å². The van der Waals surface area contributed by atoms with Gasteiger partial charge in [-0.1, -0.05) is 6.07 Å². The van der Waals surface area contributed by atoms with Crippen LogP contribution in [0.15, 0.2) is 30.7 Å². The molecule has 5 nitrogen and oxygen atoms in total. The lowest BCUT2D eigenvalue weighted by Crippen LogP contribution is -2.11. The number of aryl methyl sites for hydroxylation is 1. The third-order valence-corrected chi connectivity index (χ3v) is 2.42. The van der Waals surface area contributed by atoms with Crippen molar-refractivity contribution in [2.45, 2.75) is 33.4 Å². The van der Waals surface area contributed by atoms with Crippen molar-refractivity contribution in [1.29, 1.82) is 0 Å². The number of ether oxygens (including phenoxy) is 1. The van der Waals surface area contributed by atoms with Crippen molar-refractivity contribution in [3.05, 3.63) is 41.9 Å². The monoisotopic (exact) mass is 258 g/mol. The summed E-state index contributed by atoms with van der Waals surface area (Å²) in [5.74, 6) is 1.25. The molecule has 1 N–H and O–H groups in total. The first kappa shape index (κ1) is 13.3. The summed E-state index contributed by atoms with van der Waals surface area (Å²) in [5.41, 5.74) is 2.02. The highest BCUT2D eigenvalue weighted by molar-refractivity contribution is 5.32. The van der Waals surface area contributed by atoms with Crippen molar-refractivity contribution in [3.8, 4) is 5.88 Å². The maximum absolute atomic E-state index is 5.66. The predicted molar refractivity (Wildman–Crippen MR) is 74.1 cm³/mol. The van der Waals surface area contributed by atoms with Crippen LogP contribution in [-0.2, 0) is 6.54 Å². The zero-order chi connectivity index (χ0) is 13.7. The van der Waals surface area contributed by atoms with Gasteiger partial charge in [0, 0.05) is 30.7 Å². The highest BCUT2D eigenvalue weighted by atomic mass is 16.5. The van der Waals surface area contributed by atoms with Crippen LogP contribution in [0.2, 0.25) is 0 Å². The highest BCUT2D eigenvalue weighted by Crippen LogP contribution is 2.16. The quantitative estimate of drug-likeness (QED) is 0.893. The van der Waals surface area contributed by atoms with Crippen LogP contribution in [0, 0.1) is 6.92 Å². The second-order valence-corrected chi connectivity index (χ2v) is 4.57. The third kappa shape index (κ3) is 3.91. The zero-order valence-electron chi connectivity index (χ0n) is 11.4. The van der Waals surface area contributed by atoms with Gasteiger partial charge in [0.05, 0.1) is 6.10 Å². The number of aromatic nitrogens is 3. The van der Waals surface area contributed by atoms with Gasteiger partial charge in [-0.3, -0.25) is 0 Å². The largest absolute Gasteiger partial charge is 0.475 e. The Bertz CT molecular complexity index is 525. The minimum absolute atomic E-state index is 0.101. The summed E-state index contributed by atoms with van der Waals surface area (Å²) in [7, 11) is 0. The average Bonchev–Trinajstić information content (AvgIpc) is 2.39. The van der Waals surface area contributed by atoms with Crippen molar-refractivity contribution in [2.75, 3.05) is 5.32 Å². The van der Waals surface area contributed by atoms with Crippen LogP contribution in [0.4, 0.5) is 5.95 Å². The molecule has 5 heteroatoms. The molecule has 0 bridgehead atoms. The van der Waals surface area contributed by atoms with Gasteiger partial charge in [0.1, 0.15) is 0 Å². The van der Waals surface area contributed by atoms with Crippen molar-refractivity contribution in [1.82, 2.24) is 15.0 Å². The normalized spacial score (nSPS) is 10.5. The topological polar surface area (TPSA) is 59.9 Å². The molecular formula is C14H18N4O. The van der Waals surface area contributed by atoms with Gasteiger partial charge in [-0.2, -0.15) is 0 Å². The summed E-state index contributed by atoms with van der Waals surface area (Å²) in [6.07, 6.45) is 5.39. The van der Waals surface area contributed by atoms with E-state index in [4.69, 9.17) is 4.74 Å². The van der Waals surface area contributed by atoms with Gasteiger partial charge in [0.15, 0.2) is 0 Å². The fourth-order valence-electron chi connectivity index (χ4n) is 1.55. The molecule has 0 radical (unpaired) electrons. The van der Waals surface area contributed by atoms with Gasteiger partial charge in [-0.15, -0.1) is 0 Å². The molecule has 2 aromatic rings. The van der Waals surface area contributed by atoms with Gasteiger partial charge < -0.3 is 10.1 Å². The van der Waals surface area contributed by atoms with E-state index in [9.17, 15) is 0 Å². The Kier molecular flexibility index (Phi) is 4.28. The number of rotatable bonds is 5. The Morgan fingerprint density at radius 2 is 1.95 bits per heavy atom. The number of nitrogens with one attached hydrogen (secondary N) is 1. The van der Waals surface area contributed by atoms with Gasteiger partial charge in [0.25, 0.3) is 0 Å². The molecule has 0 spiro atoms. The van der Waals surface area contributed by atoms with E-state index in [2.05, 4.69) is 20.3 Å². The standard InChI is InChI=1S/C14H18N4O/c1-10(2)19-13-12(5-4-6-15-13)9-18-14-16-7-11(3)8-17-14/h4-8,10H,9H2,1-3H3,(H,16,17,18). The van der Waals surface area contributed by atoms with E-state index in [1.807, 2.05) is 32.9 Å². The lowest BCUT2D eigenvalue weighted by atomic mass is 10.2. The molecule has 2 rings (SSSR count). The van der Waals surface area contributed by atoms with Crippen LogP contribution in [0.25, 0.3) is 0 Å². The van der Waals surface area contributed by atoms with Crippen molar-refractivity contribution < 1.29 is 4.74 Å². The van der Waals surface area contributed by atoms with Gasteiger partial charge in [0.2, 0.25) is 11.8 Å². The molecule has 0 fully saturated rings. The predicted octanol–water partition coefficient (Wildman–Crippen LogP) is 2.58. The van der Waals surface area contributed by atoms with E-state index in [0.29, 0.717) is 18.4 Å². The highest BCUT2D eigenvalue weighted by Gasteiger charge is 2.06. The van der Waals surface area contributed by atoms with E-state index in [-0.39, 0.29) is 6.10 Å². The molecule has 19 heavy (non-hydrogen) atoms. The summed E-state index contributed by atoms with van der Waals surface area (Å²) in [4.78, 5) is 12.6. The minimum atomic E-state index is 0.101. The lowest BCUT2D eigenvalue weighted by Gasteiger charge is -2.13. The average molecular weight is 258 g/mol. The molecule has 0 saturated heterocycles. The van der Waals surface area contributed by atoms with Crippen LogP contribution >= 0.6 is 0 Å². The molecule has 0 amide bonds. The van der Waals surface area contributed by atoms with Crippen molar-refractivity contribution >= 4 is 5.95 Å². The SMILES string of the molecule is Cc1cnc(NCc2cccnc2OC(C)C)nc1. The second kappa shape index (κ2) is 6.13. The van der Waals surface area contributed by atoms with E-state index in [1.165, 1.54) is 0 Å². The molecule has 2 aromatic heterocycles. The summed E-state index contributed by atoms with van der Waals surface area (Å²) < 4.78 is 5.66. The molecule has 0 aliphatic carbocycles. The maximum atomic E-state index is 5.66. The number of hydrogen-bond donors (Lipinski definition) is 1. The summed E-state index contributed by atoms with van der Waals surface area (Å²) in [5, 5.41) is 3.16. The number of hydrogen-bond acceptors (Lipinski definition) is 5. The summed E-state index contributed by atoms with van der Waals surface area (Å²) in [6.45, 7) is 6.50. The minimum Gasteiger partial charge on any atom is -0.475 e. The lowest BCUT2D eigenvalue weighted by molar-refractivity contribution is 0.230. The molecule has 0 atom stereocenters. The van der Waals surface area contributed by atoms with Gasteiger partial charge >= 0.3 is 0 Å². The van der Waals surface area contributed by atoms with E-state index in [1.54, 1.807) is 18.6 Å². The first-order chi connectivity index (χ1) is 9.15. The molecular weight excluding hydrogens is 240 g/mol. The van der Waals surface area contributed by atoms with E-state index < -0.39 is 0 Å². The summed E-state index contributed by atoms with van der Waals surface area (Å²) in [6, 6.07) is 3.87. The first-order valence-corrected chi connectivity index (χ1v) is 6.28. The van der Waals surface area contributed by atoms with Gasteiger partial charge in [-0.25, -0.2) is 15.0 Å². The van der Waals surface area contributed by atoms with Crippen LogP contribution in [0.3, 0.4) is 0 Å². The molecule has 0 aliphatic heterocycles. The van der Waals surface area contributed by atoms with E-state index >= 15 is 0 Å². The van der Waals surface area contributed by atoms with Crippen molar-refractivity contribution in [2.24, 2.45) is 0 Å². The Labute approximate surface area is 113 Å². The van der Waals surface area contributed by atoms with Crippen molar-refractivity contribution in [3.63, 3.8) is 0 Å².